The molecule has 2 aromatic carbocycles. The minimum Gasteiger partial charge on any atom is -0.338 e. The van der Waals surface area contributed by atoms with Crippen molar-refractivity contribution in [3.63, 3.8) is 0 Å². The number of amides is 1. The van der Waals surface area contributed by atoms with Crippen molar-refractivity contribution >= 4 is 5.91 Å². The van der Waals surface area contributed by atoms with Gasteiger partial charge in [-0.3, -0.25) is 4.79 Å². The molecule has 2 rings (SSSR count). The molecular weight excluding hydrogens is 298 g/mol. The molecule has 0 bridgehead atoms. The van der Waals surface area contributed by atoms with Gasteiger partial charge in [-0.05, 0) is 31.5 Å². The van der Waals surface area contributed by atoms with Crippen molar-refractivity contribution in [2.24, 2.45) is 5.92 Å². The quantitative estimate of drug-likeness (QED) is 0.841. The second kappa shape index (κ2) is 7.94. The Morgan fingerprint density at radius 3 is 2.33 bits per heavy atom. The van der Waals surface area contributed by atoms with Crippen molar-refractivity contribution in [1.29, 1.82) is 10.5 Å². The van der Waals surface area contributed by atoms with Crippen LogP contribution < -0.4 is 0 Å². The van der Waals surface area contributed by atoms with Gasteiger partial charge < -0.3 is 4.90 Å². The Morgan fingerprint density at radius 2 is 1.71 bits per heavy atom. The molecule has 0 aliphatic rings. The smallest absolute Gasteiger partial charge is 0.254 e. The number of benzene rings is 2. The first kappa shape index (κ1) is 17.2. The van der Waals surface area contributed by atoms with Gasteiger partial charge in [0.2, 0.25) is 0 Å². The van der Waals surface area contributed by atoms with Crippen LogP contribution in [-0.4, -0.2) is 23.9 Å². The van der Waals surface area contributed by atoms with E-state index in [0.717, 1.165) is 11.1 Å². The van der Waals surface area contributed by atoms with Crippen molar-refractivity contribution in [3.05, 3.63) is 59.7 Å². The first-order valence-electron chi connectivity index (χ1n) is 7.89. The van der Waals surface area contributed by atoms with Gasteiger partial charge in [0.25, 0.3) is 5.91 Å². The van der Waals surface area contributed by atoms with Crippen LogP contribution >= 0.6 is 0 Å². The minimum atomic E-state index is -0.229. The van der Waals surface area contributed by atoms with Crippen molar-refractivity contribution < 1.29 is 4.79 Å². The highest BCUT2D eigenvalue weighted by Gasteiger charge is 2.20. The second-order valence-electron chi connectivity index (χ2n) is 5.58. The molecular formula is C20H19N3O. The van der Waals surface area contributed by atoms with Gasteiger partial charge in [-0.1, -0.05) is 36.4 Å². The normalized spacial score (nSPS) is 11.2. The molecule has 4 nitrogen and oxygen atoms in total. The lowest BCUT2D eigenvalue weighted by atomic mass is 9.95. The monoisotopic (exact) mass is 317 g/mol. The molecule has 2 aromatic rings. The molecule has 24 heavy (non-hydrogen) atoms. The first-order valence-corrected chi connectivity index (χ1v) is 7.89. The largest absolute Gasteiger partial charge is 0.338 e. The lowest BCUT2D eigenvalue weighted by Gasteiger charge is -2.23. The van der Waals surface area contributed by atoms with Gasteiger partial charge >= 0.3 is 0 Å². The molecule has 0 radical (unpaired) electrons. The Bertz CT molecular complexity index is 814. The Hall–Kier alpha value is -3.11. The Labute approximate surface area is 142 Å². The predicted octanol–water partition coefficient (Wildman–Crippen LogP) is 3.85. The van der Waals surface area contributed by atoms with Crippen LogP contribution in [-0.2, 0) is 0 Å². The fourth-order valence-electron chi connectivity index (χ4n) is 2.62. The van der Waals surface area contributed by atoms with Gasteiger partial charge in [-0.15, -0.1) is 0 Å². The number of carbonyl (C=O) groups excluding carboxylic acids is 1. The van der Waals surface area contributed by atoms with Gasteiger partial charge in [0.15, 0.2) is 0 Å². The summed E-state index contributed by atoms with van der Waals surface area (Å²) in [6.45, 7) is 4.61. The molecule has 0 N–H and O–H groups in total. The zero-order valence-corrected chi connectivity index (χ0v) is 13.9. The van der Waals surface area contributed by atoms with Crippen molar-refractivity contribution in [1.82, 2.24) is 4.90 Å². The summed E-state index contributed by atoms with van der Waals surface area (Å²) in [5.41, 5.74) is 2.56. The summed E-state index contributed by atoms with van der Waals surface area (Å²) in [5, 5.41) is 18.3. The summed E-state index contributed by atoms with van der Waals surface area (Å²) in [7, 11) is 0. The van der Waals surface area contributed by atoms with Crippen LogP contribution in [0.5, 0.6) is 0 Å². The van der Waals surface area contributed by atoms with E-state index in [1.807, 2.05) is 37.3 Å². The highest BCUT2D eigenvalue weighted by atomic mass is 16.2. The number of nitrogens with zero attached hydrogens (tertiary/aromatic N) is 3. The van der Waals surface area contributed by atoms with Crippen LogP contribution in [0.2, 0.25) is 0 Å². The summed E-state index contributed by atoms with van der Waals surface area (Å²) in [6.07, 6.45) is 0. The summed E-state index contributed by atoms with van der Waals surface area (Å²) in [6, 6.07) is 18.9. The molecule has 0 heterocycles. The van der Waals surface area contributed by atoms with E-state index in [2.05, 4.69) is 12.1 Å². The lowest BCUT2D eigenvalue weighted by Crippen LogP contribution is -2.34. The summed E-state index contributed by atoms with van der Waals surface area (Å²) >= 11 is 0. The van der Waals surface area contributed by atoms with Gasteiger partial charge in [0.05, 0.1) is 23.6 Å². The predicted molar refractivity (Wildman–Crippen MR) is 92.9 cm³/mol. The third-order valence-corrected chi connectivity index (χ3v) is 3.88. The molecule has 0 fully saturated rings. The van der Waals surface area contributed by atoms with Gasteiger partial charge in [-0.25, -0.2) is 0 Å². The molecule has 0 aliphatic heterocycles. The maximum atomic E-state index is 13.0. The van der Waals surface area contributed by atoms with Crippen LogP contribution in [0.25, 0.3) is 11.1 Å². The van der Waals surface area contributed by atoms with Crippen molar-refractivity contribution in [2.45, 2.75) is 13.8 Å². The van der Waals surface area contributed by atoms with Crippen LogP contribution in [0.3, 0.4) is 0 Å². The Kier molecular flexibility index (Phi) is 5.71. The molecule has 0 saturated carbocycles. The number of hydrogen-bond acceptors (Lipinski definition) is 3. The molecule has 0 spiro atoms. The van der Waals surface area contributed by atoms with E-state index in [1.54, 1.807) is 30.0 Å². The summed E-state index contributed by atoms with van der Waals surface area (Å²) in [5.74, 6) is -0.351. The lowest BCUT2D eigenvalue weighted by molar-refractivity contribution is 0.0753. The van der Waals surface area contributed by atoms with E-state index in [-0.39, 0.29) is 11.8 Å². The van der Waals surface area contributed by atoms with E-state index in [4.69, 9.17) is 5.26 Å². The van der Waals surface area contributed by atoms with E-state index >= 15 is 0 Å². The SMILES string of the molecule is CCN(C[C@H](C)C#N)C(=O)c1ccccc1-c1ccccc1C#N. The third kappa shape index (κ3) is 3.62. The van der Waals surface area contributed by atoms with Crippen molar-refractivity contribution in [2.75, 3.05) is 13.1 Å². The first-order chi connectivity index (χ1) is 11.6. The highest BCUT2D eigenvalue weighted by molar-refractivity contribution is 6.01. The molecule has 0 saturated heterocycles. The topological polar surface area (TPSA) is 67.9 Å². The molecule has 0 unspecified atom stereocenters. The van der Waals surface area contributed by atoms with Crippen molar-refractivity contribution in [3.8, 4) is 23.3 Å². The average molecular weight is 317 g/mol. The van der Waals surface area contributed by atoms with E-state index in [0.29, 0.717) is 24.2 Å². The average Bonchev–Trinajstić information content (AvgIpc) is 2.65. The van der Waals surface area contributed by atoms with Crippen LogP contribution in [0.15, 0.2) is 48.5 Å². The Balaban J connectivity index is 2.47. The zero-order valence-electron chi connectivity index (χ0n) is 13.9. The van der Waals surface area contributed by atoms with Crippen LogP contribution in [0, 0.1) is 28.6 Å². The second-order valence-corrected chi connectivity index (χ2v) is 5.58. The number of carbonyl (C=O) groups is 1. The molecule has 120 valence electrons. The molecule has 1 amide bonds. The van der Waals surface area contributed by atoms with Crippen LogP contribution in [0.4, 0.5) is 0 Å². The van der Waals surface area contributed by atoms with E-state index in [9.17, 15) is 10.1 Å². The maximum absolute atomic E-state index is 13.0. The van der Waals surface area contributed by atoms with Gasteiger partial charge in [-0.2, -0.15) is 10.5 Å². The molecule has 4 heteroatoms. The van der Waals surface area contributed by atoms with Crippen LogP contribution in [0.1, 0.15) is 29.8 Å². The number of rotatable bonds is 5. The third-order valence-electron chi connectivity index (χ3n) is 3.88. The number of nitriles is 2. The summed E-state index contributed by atoms with van der Waals surface area (Å²) in [4.78, 5) is 14.6. The number of hydrogen-bond donors (Lipinski definition) is 0. The minimum absolute atomic E-state index is 0.122. The summed E-state index contributed by atoms with van der Waals surface area (Å²) < 4.78 is 0. The molecule has 0 aromatic heterocycles. The fourth-order valence-corrected chi connectivity index (χ4v) is 2.62. The van der Waals surface area contributed by atoms with E-state index < -0.39 is 0 Å². The highest BCUT2D eigenvalue weighted by Crippen LogP contribution is 2.27. The molecule has 1 atom stereocenters. The van der Waals surface area contributed by atoms with Gasteiger partial charge in [0.1, 0.15) is 0 Å². The Morgan fingerprint density at radius 1 is 1.08 bits per heavy atom. The fraction of sp³-hybridized carbons (Fsp3) is 0.250. The maximum Gasteiger partial charge on any atom is 0.254 e. The zero-order chi connectivity index (χ0) is 17.5. The van der Waals surface area contributed by atoms with Gasteiger partial charge in [0, 0.05) is 24.2 Å². The standard InChI is InChI=1S/C20H19N3O/c1-3-23(14-15(2)12-21)20(24)19-11-7-6-10-18(19)17-9-5-4-8-16(17)13-22/h4-11,15H,3,14H2,1-2H3/t15-/m1/s1. The molecule has 0 aliphatic carbocycles. The van der Waals surface area contributed by atoms with E-state index in [1.165, 1.54) is 0 Å².